The third-order valence-electron chi connectivity index (χ3n) is 3.21. The van der Waals surface area contributed by atoms with E-state index in [9.17, 15) is 4.79 Å². The Balaban J connectivity index is 1.93. The van der Waals surface area contributed by atoms with Crippen LogP contribution in [-0.4, -0.2) is 24.7 Å². The minimum Gasteiger partial charge on any atom is -0.489 e. The van der Waals surface area contributed by atoms with Gasteiger partial charge in [0.15, 0.2) is 0 Å². The highest BCUT2D eigenvalue weighted by molar-refractivity contribution is 5.92. The van der Waals surface area contributed by atoms with Gasteiger partial charge in [0.05, 0.1) is 24.3 Å². The molecule has 0 aromatic heterocycles. The van der Waals surface area contributed by atoms with Gasteiger partial charge in [-0.15, -0.1) is 0 Å². The molecule has 1 heterocycles. The van der Waals surface area contributed by atoms with Crippen LogP contribution in [0.25, 0.3) is 0 Å². The Bertz CT molecular complexity index is 439. The van der Waals surface area contributed by atoms with E-state index in [1.54, 1.807) is 0 Å². The van der Waals surface area contributed by atoms with Crippen molar-refractivity contribution in [3.8, 4) is 5.75 Å². The average Bonchev–Trinajstić information content (AvgIpc) is 2.41. The molecule has 4 heteroatoms. The highest BCUT2D eigenvalue weighted by Gasteiger charge is 2.18. The fourth-order valence-electron chi connectivity index (χ4n) is 2.30. The summed E-state index contributed by atoms with van der Waals surface area (Å²) < 4.78 is 11.3. The van der Waals surface area contributed by atoms with Crippen molar-refractivity contribution in [3.05, 3.63) is 24.3 Å². The van der Waals surface area contributed by atoms with Crippen LogP contribution in [0.1, 0.15) is 39.5 Å². The molecule has 0 bridgehead atoms. The van der Waals surface area contributed by atoms with E-state index in [0.29, 0.717) is 12.2 Å². The zero-order chi connectivity index (χ0) is 14.4. The summed E-state index contributed by atoms with van der Waals surface area (Å²) >= 11 is 0. The number of benzene rings is 1. The van der Waals surface area contributed by atoms with Crippen LogP contribution in [0.3, 0.4) is 0 Å². The zero-order valence-electron chi connectivity index (χ0n) is 12.2. The molecule has 4 nitrogen and oxygen atoms in total. The van der Waals surface area contributed by atoms with Gasteiger partial charge in [0.2, 0.25) is 5.91 Å². The predicted molar refractivity (Wildman–Crippen MR) is 79.0 cm³/mol. The highest BCUT2D eigenvalue weighted by atomic mass is 16.5. The topological polar surface area (TPSA) is 47.6 Å². The predicted octanol–water partition coefficient (Wildman–Crippen LogP) is 3.37. The second-order valence-electron chi connectivity index (χ2n) is 5.40. The number of ether oxygens (including phenoxy) is 2. The lowest BCUT2D eigenvalue weighted by molar-refractivity contribution is -0.119. The summed E-state index contributed by atoms with van der Waals surface area (Å²) in [6.07, 6.45) is 3.76. The van der Waals surface area contributed by atoms with Crippen molar-refractivity contribution in [2.24, 2.45) is 0 Å². The van der Waals surface area contributed by atoms with Crippen LogP contribution >= 0.6 is 0 Å². The maximum Gasteiger partial charge on any atom is 0.227 e. The first kappa shape index (κ1) is 14.9. The summed E-state index contributed by atoms with van der Waals surface area (Å²) in [7, 11) is 0. The molecule has 1 amide bonds. The van der Waals surface area contributed by atoms with Crippen molar-refractivity contribution >= 4 is 11.6 Å². The van der Waals surface area contributed by atoms with E-state index in [0.717, 1.165) is 31.6 Å². The summed E-state index contributed by atoms with van der Waals surface area (Å²) in [6, 6.07) is 7.52. The summed E-state index contributed by atoms with van der Waals surface area (Å²) in [5.41, 5.74) is 0.724. The Labute approximate surface area is 120 Å². The first-order valence-electron chi connectivity index (χ1n) is 7.32. The van der Waals surface area contributed by atoms with Gasteiger partial charge in [-0.25, -0.2) is 0 Å². The number of amides is 1. The van der Waals surface area contributed by atoms with E-state index in [1.165, 1.54) is 0 Å². The molecule has 1 aliphatic rings. The molecule has 1 aliphatic heterocycles. The molecule has 0 spiro atoms. The van der Waals surface area contributed by atoms with E-state index in [4.69, 9.17) is 9.47 Å². The van der Waals surface area contributed by atoms with E-state index in [1.807, 2.05) is 38.1 Å². The summed E-state index contributed by atoms with van der Waals surface area (Å²) in [6.45, 7) is 4.70. The maximum atomic E-state index is 12.1. The monoisotopic (exact) mass is 277 g/mol. The first-order valence-corrected chi connectivity index (χ1v) is 7.32. The SMILES string of the molecule is CC(C)Oc1ccccc1NC(=O)CC1CCCCO1. The smallest absolute Gasteiger partial charge is 0.227 e. The minimum atomic E-state index is -0.0169. The molecule has 110 valence electrons. The van der Waals surface area contributed by atoms with Gasteiger partial charge in [-0.3, -0.25) is 4.79 Å². The first-order chi connectivity index (χ1) is 9.65. The van der Waals surface area contributed by atoms with Crippen LogP contribution in [-0.2, 0) is 9.53 Å². The molecule has 1 aromatic carbocycles. The second-order valence-corrected chi connectivity index (χ2v) is 5.40. The molecule has 0 saturated carbocycles. The van der Waals surface area contributed by atoms with Gasteiger partial charge in [0.1, 0.15) is 5.75 Å². The summed E-state index contributed by atoms with van der Waals surface area (Å²) in [4.78, 5) is 12.1. The third kappa shape index (κ3) is 4.53. The van der Waals surface area contributed by atoms with Gasteiger partial charge in [0.25, 0.3) is 0 Å². The van der Waals surface area contributed by atoms with Gasteiger partial charge in [-0.05, 0) is 45.2 Å². The number of carbonyl (C=O) groups is 1. The van der Waals surface area contributed by atoms with Gasteiger partial charge in [0, 0.05) is 6.61 Å². The molecular formula is C16H23NO3. The van der Waals surface area contributed by atoms with Crippen LogP contribution < -0.4 is 10.1 Å². The van der Waals surface area contributed by atoms with Crippen molar-refractivity contribution in [2.75, 3.05) is 11.9 Å². The van der Waals surface area contributed by atoms with Gasteiger partial charge in [-0.2, -0.15) is 0 Å². The van der Waals surface area contributed by atoms with Crippen molar-refractivity contribution in [1.29, 1.82) is 0 Å². The Kier molecular flexibility index (Phi) is 5.41. The lowest BCUT2D eigenvalue weighted by Crippen LogP contribution is -2.25. The lowest BCUT2D eigenvalue weighted by Gasteiger charge is -2.22. The fraction of sp³-hybridized carbons (Fsp3) is 0.562. The molecule has 1 fully saturated rings. The van der Waals surface area contributed by atoms with Crippen molar-refractivity contribution in [1.82, 2.24) is 0 Å². The molecule has 1 unspecified atom stereocenters. The van der Waals surface area contributed by atoms with Gasteiger partial charge >= 0.3 is 0 Å². The standard InChI is InChI=1S/C16H23NO3/c1-12(2)20-15-9-4-3-8-14(15)17-16(18)11-13-7-5-6-10-19-13/h3-4,8-9,12-13H,5-7,10-11H2,1-2H3,(H,17,18). The quantitative estimate of drug-likeness (QED) is 0.897. The number of hydrogen-bond acceptors (Lipinski definition) is 3. The Morgan fingerprint density at radius 3 is 2.90 bits per heavy atom. The second kappa shape index (κ2) is 7.29. The zero-order valence-corrected chi connectivity index (χ0v) is 12.2. The molecule has 0 radical (unpaired) electrons. The van der Waals surface area contributed by atoms with Crippen LogP contribution in [0.5, 0.6) is 5.75 Å². The molecule has 1 saturated heterocycles. The third-order valence-corrected chi connectivity index (χ3v) is 3.21. The van der Waals surface area contributed by atoms with E-state index in [2.05, 4.69) is 5.32 Å². The Morgan fingerprint density at radius 2 is 2.20 bits per heavy atom. The number of hydrogen-bond donors (Lipinski definition) is 1. The normalized spacial score (nSPS) is 18.9. The number of nitrogens with one attached hydrogen (secondary N) is 1. The van der Waals surface area contributed by atoms with Crippen molar-refractivity contribution in [3.63, 3.8) is 0 Å². The number of anilines is 1. The molecule has 0 aliphatic carbocycles. The van der Waals surface area contributed by atoms with E-state index in [-0.39, 0.29) is 18.1 Å². The molecule has 20 heavy (non-hydrogen) atoms. The Morgan fingerprint density at radius 1 is 1.40 bits per heavy atom. The average molecular weight is 277 g/mol. The highest BCUT2D eigenvalue weighted by Crippen LogP contribution is 2.25. The lowest BCUT2D eigenvalue weighted by atomic mass is 10.1. The summed E-state index contributed by atoms with van der Waals surface area (Å²) in [5, 5.41) is 2.92. The van der Waals surface area contributed by atoms with Crippen LogP contribution in [0.2, 0.25) is 0 Å². The fourth-order valence-corrected chi connectivity index (χ4v) is 2.30. The van der Waals surface area contributed by atoms with E-state index < -0.39 is 0 Å². The Hall–Kier alpha value is -1.55. The van der Waals surface area contributed by atoms with Crippen LogP contribution in [0, 0.1) is 0 Å². The maximum absolute atomic E-state index is 12.1. The number of carbonyl (C=O) groups excluding carboxylic acids is 1. The van der Waals surface area contributed by atoms with Crippen LogP contribution in [0.4, 0.5) is 5.69 Å². The minimum absolute atomic E-state index is 0.0169. The molecule has 1 aromatic rings. The molecule has 1 atom stereocenters. The number of para-hydroxylation sites is 2. The van der Waals surface area contributed by atoms with Crippen LogP contribution in [0.15, 0.2) is 24.3 Å². The molecule has 2 rings (SSSR count). The van der Waals surface area contributed by atoms with Gasteiger partial charge < -0.3 is 14.8 Å². The van der Waals surface area contributed by atoms with Crippen molar-refractivity contribution < 1.29 is 14.3 Å². The van der Waals surface area contributed by atoms with Crippen molar-refractivity contribution in [2.45, 2.75) is 51.7 Å². The molecular weight excluding hydrogens is 254 g/mol. The molecule has 1 N–H and O–H groups in total. The van der Waals surface area contributed by atoms with Gasteiger partial charge in [-0.1, -0.05) is 12.1 Å². The number of rotatable bonds is 5. The van der Waals surface area contributed by atoms with E-state index >= 15 is 0 Å². The largest absolute Gasteiger partial charge is 0.489 e. The summed E-state index contributed by atoms with van der Waals surface area (Å²) in [5.74, 6) is 0.692.